The first kappa shape index (κ1) is 14.7. The van der Waals surface area contributed by atoms with Crippen molar-refractivity contribution in [2.45, 2.75) is 58.5 Å². The van der Waals surface area contributed by atoms with E-state index in [4.69, 9.17) is 10.8 Å². The fraction of sp³-hybridized carbons (Fsp3) is 0.692. The van der Waals surface area contributed by atoms with Gasteiger partial charge in [-0.3, -0.25) is 9.48 Å². The zero-order valence-electron chi connectivity index (χ0n) is 11.6. The molecule has 3 N–H and O–H groups in total. The highest BCUT2D eigenvalue weighted by molar-refractivity contribution is 5.77. The number of carbonyl (C=O) groups is 1. The maximum Gasteiger partial charge on any atom is 0.323 e. The molecule has 0 saturated carbocycles. The van der Waals surface area contributed by atoms with E-state index >= 15 is 0 Å². The number of aromatic nitrogens is 2. The molecule has 0 aliphatic rings. The van der Waals surface area contributed by atoms with Gasteiger partial charge in [0.15, 0.2) is 0 Å². The van der Waals surface area contributed by atoms with Gasteiger partial charge in [0.25, 0.3) is 0 Å². The number of nitrogens with two attached hydrogens (primary N) is 1. The van der Waals surface area contributed by atoms with Gasteiger partial charge in [0.1, 0.15) is 5.54 Å². The SMILES string of the molecule is CCc1cc(CC)n(C(C)CC(C)(N)C(=O)O)n1. The molecule has 0 spiro atoms. The minimum Gasteiger partial charge on any atom is -0.480 e. The van der Waals surface area contributed by atoms with Crippen molar-refractivity contribution >= 4 is 5.97 Å². The van der Waals surface area contributed by atoms with Gasteiger partial charge in [-0.2, -0.15) is 5.10 Å². The second kappa shape index (κ2) is 5.52. The first-order valence-electron chi connectivity index (χ1n) is 6.41. The van der Waals surface area contributed by atoms with E-state index in [0.29, 0.717) is 6.42 Å². The van der Waals surface area contributed by atoms with Crippen LogP contribution in [0.3, 0.4) is 0 Å². The molecular formula is C13H23N3O2. The molecule has 5 heteroatoms. The van der Waals surface area contributed by atoms with Gasteiger partial charge in [0, 0.05) is 5.69 Å². The fourth-order valence-electron chi connectivity index (χ4n) is 2.10. The summed E-state index contributed by atoms with van der Waals surface area (Å²) < 4.78 is 1.91. The maximum absolute atomic E-state index is 11.0. The topological polar surface area (TPSA) is 81.1 Å². The van der Waals surface area contributed by atoms with E-state index in [1.165, 1.54) is 0 Å². The van der Waals surface area contributed by atoms with Crippen LogP contribution in [0.2, 0.25) is 0 Å². The summed E-state index contributed by atoms with van der Waals surface area (Å²) in [4.78, 5) is 11.0. The van der Waals surface area contributed by atoms with Crippen molar-refractivity contribution < 1.29 is 9.90 Å². The quantitative estimate of drug-likeness (QED) is 0.809. The largest absolute Gasteiger partial charge is 0.480 e. The molecule has 0 bridgehead atoms. The number of carboxylic acids is 1. The first-order chi connectivity index (χ1) is 8.31. The van der Waals surface area contributed by atoms with Gasteiger partial charge in [-0.15, -0.1) is 0 Å². The predicted molar refractivity (Wildman–Crippen MR) is 70.5 cm³/mol. The number of nitrogens with zero attached hydrogens (tertiary/aromatic N) is 2. The molecule has 1 heterocycles. The molecular weight excluding hydrogens is 230 g/mol. The van der Waals surface area contributed by atoms with Crippen molar-refractivity contribution in [1.82, 2.24) is 9.78 Å². The summed E-state index contributed by atoms with van der Waals surface area (Å²) in [7, 11) is 0. The minimum atomic E-state index is -1.22. The summed E-state index contributed by atoms with van der Waals surface area (Å²) in [5.41, 5.74) is 6.73. The van der Waals surface area contributed by atoms with E-state index in [2.05, 4.69) is 25.0 Å². The van der Waals surface area contributed by atoms with Crippen molar-refractivity contribution in [2.75, 3.05) is 0 Å². The number of hydrogen-bond acceptors (Lipinski definition) is 3. The number of aryl methyl sites for hydroxylation is 2. The molecule has 0 aliphatic heterocycles. The molecule has 1 aromatic rings. The van der Waals surface area contributed by atoms with Crippen molar-refractivity contribution in [1.29, 1.82) is 0 Å². The second-order valence-electron chi connectivity index (χ2n) is 5.05. The molecule has 1 rings (SSSR count). The minimum absolute atomic E-state index is 0.0219. The van der Waals surface area contributed by atoms with Gasteiger partial charge < -0.3 is 10.8 Å². The summed E-state index contributed by atoms with van der Waals surface area (Å²) in [5, 5.41) is 13.6. The molecule has 18 heavy (non-hydrogen) atoms. The average Bonchev–Trinajstić information content (AvgIpc) is 2.71. The molecule has 0 aromatic carbocycles. The Morgan fingerprint density at radius 1 is 1.56 bits per heavy atom. The van der Waals surface area contributed by atoms with Gasteiger partial charge in [-0.25, -0.2) is 0 Å². The Hall–Kier alpha value is -1.36. The summed E-state index contributed by atoms with van der Waals surface area (Å²) in [6.45, 7) is 7.63. The van der Waals surface area contributed by atoms with E-state index in [0.717, 1.165) is 24.2 Å². The lowest BCUT2D eigenvalue weighted by molar-refractivity contribution is -0.143. The molecule has 1 aromatic heterocycles. The van der Waals surface area contributed by atoms with E-state index < -0.39 is 11.5 Å². The van der Waals surface area contributed by atoms with Gasteiger partial charge in [0.2, 0.25) is 0 Å². The Balaban J connectivity index is 2.93. The lowest BCUT2D eigenvalue weighted by atomic mass is 9.95. The van der Waals surface area contributed by atoms with Crippen LogP contribution in [0.5, 0.6) is 0 Å². The lowest BCUT2D eigenvalue weighted by Crippen LogP contribution is -2.46. The molecule has 0 fully saturated rings. The third kappa shape index (κ3) is 3.10. The zero-order chi connectivity index (χ0) is 13.9. The van der Waals surface area contributed by atoms with Gasteiger partial charge in [0.05, 0.1) is 11.7 Å². The number of carboxylic acid groups (broad SMARTS) is 1. The summed E-state index contributed by atoms with van der Waals surface area (Å²) >= 11 is 0. The highest BCUT2D eigenvalue weighted by Crippen LogP contribution is 2.21. The highest BCUT2D eigenvalue weighted by atomic mass is 16.4. The van der Waals surface area contributed by atoms with E-state index in [1.807, 2.05) is 11.6 Å². The van der Waals surface area contributed by atoms with Crippen molar-refractivity contribution in [3.8, 4) is 0 Å². The Bertz CT molecular complexity index is 424. The summed E-state index contributed by atoms with van der Waals surface area (Å²) in [6, 6.07) is 2.05. The van der Waals surface area contributed by atoms with Gasteiger partial charge in [-0.1, -0.05) is 13.8 Å². The van der Waals surface area contributed by atoms with Crippen molar-refractivity contribution in [3.05, 3.63) is 17.5 Å². The van der Waals surface area contributed by atoms with Crippen molar-refractivity contribution in [3.63, 3.8) is 0 Å². The van der Waals surface area contributed by atoms with Crippen LogP contribution in [-0.4, -0.2) is 26.4 Å². The van der Waals surface area contributed by atoms with Gasteiger partial charge in [-0.05, 0) is 39.2 Å². The average molecular weight is 253 g/mol. The maximum atomic E-state index is 11.0. The predicted octanol–water partition coefficient (Wildman–Crippen LogP) is 1.76. The summed E-state index contributed by atoms with van der Waals surface area (Å²) in [5.74, 6) is -0.977. The smallest absolute Gasteiger partial charge is 0.323 e. The van der Waals surface area contributed by atoms with Crippen LogP contribution in [0, 0.1) is 0 Å². The van der Waals surface area contributed by atoms with Crippen LogP contribution in [0.1, 0.15) is 51.5 Å². The molecule has 2 atom stereocenters. The second-order valence-corrected chi connectivity index (χ2v) is 5.05. The van der Waals surface area contributed by atoms with E-state index in [-0.39, 0.29) is 6.04 Å². The molecule has 0 saturated heterocycles. The van der Waals surface area contributed by atoms with Crippen molar-refractivity contribution in [2.24, 2.45) is 5.73 Å². The molecule has 2 unspecified atom stereocenters. The summed E-state index contributed by atoms with van der Waals surface area (Å²) in [6.07, 6.45) is 2.12. The first-order valence-corrected chi connectivity index (χ1v) is 6.41. The normalized spacial score (nSPS) is 16.3. The lowest BCUT2D eigenvalue weighted by Gasteiger charge is -2.24. The third-order valence-electron chi connectivity index (χ3n) is 3.21. The fourth-order valence-corrected chi connectivity index (χ4v) is 2.10. The number of rotatable bonds is 6. The van der Waals surface area contributed by atoms with Crippen LogP contribution < -0.4 is 5.73 Å². The van der Waals surface area contributed by atoms with Crippen LogP contribution in [0.25, 0.3) is 0 Å². The number of hydrogen-bond donors (Lipinski definition) is 2. The Kier molecular flexibility index (Phi) is 4.51. The van der Waals surface area contributed by atoms with Gasteiger partial charge >= 0.3 is 5.97 Å². The Morgan fingerprint density at radius 3 is 2.61 bits per heavy atom. The van der Waals surface area contributed by atoms with Crippen LogP contribution in [0.15, 0.2) is 6.07 Å². The Morgan fingerprint density at radius 2 is 2.17 bits per heavy atom. The van der Waals surface area contributed by atoms with Crippen LogP contribution >= 0.6 is 0 Å². The molecule has 102 valence electrons. The monoisotopic (exact) mass is 253 g/mol. The zero-order valence-corrected chi connectivity index (χ0v) is 11.6. The van der Waals surface area contributed by atoms with Crippen LogP contribution in [0.4, 0.5) is 0 Å². The third-order valence-corrected chi connectivity index (χ3v) is 3.21. The molecule has 0 amide bonds. The molecule has 0 aliphatic carbocycles. The Labute approximate surface area is 108 Å². The van der Waals surface area contributed by atoms with Crippen LogP contribution in [-0.2, 0) is 17.6 Å². The van der Waals surface area contributed by atoms with E-state index in [1.54, 1.807) is 6.92 Å². The highest BCUT2D eigenvalue weighted by Gasteiger charge is 2.31. The van der Waals surface area contributed by atoms with E-state index in [9.17, 15) is 4.79 Å². The standard InChI is InChI=1S/C13H23N3O2/c1-5-10-7-11(6-2)16(15-10)9(3)8-13(4,14)12(17)18/h7,9H,5-6,8,14H2,1-4H3,(H,17,18). The number of aliphatic carboxylic acids is 1. The molecule has 5 nitrogen and oxygen atoms in total. The molecule has 0 radical (unpaired) electrons.